The minimum atomic E-state index is -0.583. The van der Waals surface area contributed by atoms with Crippen molar-refractivity contribution in [2.75, 3.05) is 0 Å². The quantitative estimate of drug-likeness (QED) is 0.482. The summed E-state index contributed by atoms with van der Waals surface area (Å²) < 4.78 is 8.73. The minimum Gasteiger partial charge on any atom is -0.442 e. The molecule has 3 aliphatic carbocycles. The molecule has 3 aromatic rings. The summed E-state index contributed by atoms with van der Waals surface area (Å²) >= 11 is 0. The van der Waals surface area contributed by atoms with E-state index in [2.05, 4.69) is 33.3 Å². The van der Waals surface area contributed by atoms with Crippen LogP contribution >= 0.6 is 0 Å². The van der Waals surface area contributed by atoms with Gasteiger partial charge in [-0.05, 0) is 89.5 Å². The van der Waals surface area contributed by atoms with Crippen molar-refractivity contribution >= 4 is 28.6 Å². The fraction of sp³-hybridized carbons (Fsp3) is 0.448. The lowest BCUT2D eigenvalue weighted by atomic mass is 9.91. The maximum Gasteiger partial charge on any atom is 0.435 e. The van der Waals surface area contributed by atoms with Gasteiger partial charge in [0, 0.05) is 23.7 Å². The van der Waals surface area contributed by atoms with Gasteiger partial charge < -0.3 is 9.64 Å². The molecular formula is C29H33N5O3. The van der Waals surface area contributed by atoms with E-state index < -0.39 is 11.7 Å². The van der Waals surface area contributed by atoms with Crippen LogP contribution in [0.25, 0.3) is 16.6 Å². The summed E-state index contributed by atoms with van der Waals surface area (Å²) in [5.74, 6) is 0.0637. The number of aryl methyl sites for hydroxylation is 1. The highest BCUT2D eigenvalue weighted by Gasteiger charge is 2.40. The summed E-state index contributed by atoms with van der Waals surface area (Å²) in [6.07, 6.45) is 15.9. The molecule has 0 aliphatic heterocycles. The molecule has 192 valence electrons. The third kappa shape index (κ3) is 4.61. The molecule has 0 bridgehead atoms. The second-order valence-electron chi connectivity index (χ2n) is 11.3. The zero-order valence-corrected chi connectivity index (χ0v) is 21.7. The topological polar surface area (TPSA) is 82.2 Å². The van der Waals surface area contributed by atoms with Crippen LogP contribution < -0.4 is 0 Å². The van der Waals surface area contributed by atoms with Gasteiger partial charge in [-0.2, -0.15) is 14.9 Å². The third-order valence-electron chi connectivity index (χ3n) is 7.26. The van der Waals surface area contributed by atoms with Crippen molar-refractivity contribution in [3.63, 3.8) is 0 Å². The van der Waals surface area contributed by atoms with Crippen molar-refractivity contribution < 1.29 is 14.3 Å². The van der Waals surface area contributed by atoms with Crippen LogP contribution in [0.2, 0.25) is 0 Å². The first-order chi connectivity index (χ1) is 17.8. The lowest BCUT2D eigenvalue weighted by Gasteiger charge is -2.34. The van der Waals surface area contributed by atoms with E-state index >= 15 is 0 Å². The smallest absolute Gasteiger partial charge is 0.435 e. The van der Waals surface area contributed by atoms with Gasteiger partial charge in [-0.1, -0.05) is 18.2 Å². The first-order valence-corrected chi connectivity index (χ1v) is 13.3. The molecule has 2 heterocycles. The molecule has 8 nitrogen and oxygen atoms in total. The number of rotatable bonds is 4. The molecule has 8 heteroatoms. The second kappa shape index (κ2) is 9.01. The molecule has 0 saturated heterocycles. The molecule has 1 atom stereocenters. The van der Waals surface area contributed by atoms with Gasteiger partial charge in [-0.15, -0.1) is 0 Å². The molecule has 6 rings (SSSR count). The predicted molar refractivity (Wildman–Crippen MR) is 141 cm³/mol. The van der Waals surface area contributed by atoms with E-state index in [-0.39, 0.29) is 18.0 Å². The van der Waals surface area contributed by atoms with Crippen molar-refractivity contribution in [3.8, 4) is 0 Å². The van der Waals surface area contributed by atoms with Gasteiger partial charge in [0.05, 0.1) is 28.7 Å². The van der Waals surface area contributed by atoms with Crippen LogP contribution in [0.1, 0.15) is 74.5 Å². The molecule has 3 aliphatic rings. The van der Waals surface area contributed by atoms with Crippen molar-refractivity contribution in [2.45, 2.75) is 83.4 Å². The van der Waals surface area contributed by atoms with E-state index in [1.165, 1.54) is 4.68 Å². The van der Waals surface area contributed by atoms with Gasteiger partial charge in [0.2, 0.25) is 0 Å². The number of carbonyl (C=O) groups excluding carboxylic acids is 2. The number of hydrogen-bond acceptors (Lipinski definition) is 5. The molecule has 0 spiro atoms. The normalized spacial score (nSPS) is 19.4. The van der Waals surface area contributed by atoms with Crippen molar-refractivity contribution in [3.05, 3.63) is 65.6 Å². The van der Waals surface area contributed by atoms with Crippen molar-refractivity contribution in [1.29, 1.82) is 0 Å². The Morgan fingerprint density at radius 1 is 1.11 bits per heavy atom. The summed E-state index contributed by atoms with van der Waals surface area (Å²) in [5, 5.41) is 10.0. The summed E-state index contributed by atoms with van der Waals surface area (Å²) in [4.78, 5) is 28.7. The molecule has 1 aromatic carbocycles. The van der Waals surface area contributed by atoms with Crippen molar-refractivity contribution in [2.24, 2.45) is 0 Å². The molecule has 1 saturated carbocycles. The average Bonchev–Trinajstić information content (AvgIpc) is 3.45. The minimum absolute atomic E-state index is 0.0637. The first kappa shape index (κ1) is 23.7. The van der Waals surface area contributed by atoms with E-state index in [9.17, 15) is 9.59 Å². The van der Waals surface area contributed by atoms with Gasteiger partial charge in [0.25, 0.3) is 5.91 Å². The third-order valence-corrected chi connectivity index (χ3v) is 7.26. The fourth-order valence-corrected chi connectivity index (χ4v) is 5.45. The molecule has 0 radical (unpaired) electrons. The zero-order valence-electron chi connectivity index (χ0n) is 21.7. The molecular weight excluding hydrogens is 466 g/mol. The van der Waals surface area contributed by atoms with Gasteiger partial charge in [-0.25, -0.2) is 9.48 Å². The molecule has 2 aromatic heterocycles. The number of allylic oxidation sites excluding steroid dienone is 4. The Morgan fingerprint density at radius 2 is 1.95 bits per heavy atom. The maximum absolute atomic E-state index is 14.1. The SMILES string of the molecule is CC(C)(C)OC(=O)n1cc2c(n1)CCC(N(C(=O)c1cccc3c1cnn3C1=CCCC=C1)C1CC1)C2. The maximum atomic E-state index is 14.1. The number of hydrogen-bond donors (Lipinski definition) is 0. The summed E-state index contributed by atoms with van der Waals surface area (Å²) in [6, 6.07) is 6.23. The Morgan fingerprint density at radius 3 is 2.68 bits per heavy atom. The van der Waals surface area contributed by atoms with Crippen LogP contribution in [0.15, 0.2) is 48.8 Å². The van der Waals surface area contributed by atoms with Crippen LogP contribution in [0, 0.1) is 0 Å². The Hall–Kier alpha value is -3.68. The van der Waals surface area contributed by atoms with Crippen LogP contribution in [0.5, 0.6) is 0 Å². The lowest BCUT2D eigenvalue weighted by molar-refractivity contribution is 0.0513. The van der Waals surface area contributed by atoms with Crippen molar-refractivity contribution in [1.82, 2.24) is 24.5 Å². The predicted octanol–water partition coefficient (Wildman–Crippen LogP) is 5.37. The Labute approximate surface area is 216 Å². The average molecular weight is 500 g/mol. The highest BCUT2D eigenvalue weighted by atomic mass is 16.6. The largest absolute Gasteiger partial charge is 0.442 e. The lowest BCUT2D eigenvalue weighted by Crippen LogP contribution is -2.44. The van der Waals surface area contributed by atoms with Gasteiger partial charge in [0.1, 0.15) is 5.60 Å². The van der Waals surface area contributed by atoms with E-state index in [1.807, 2.05) is 49.8 Å². The summed E-state index contributed by atoms with van der Waals surface area (Å²) in [7, 11) is 0. The zero-order chi connectivity index (χ0) is 25.7. The summed E-state index contributed by atoms with van der Waals surface area (Å²) in [5.41, 5.74) is 4.05. The molecule has 37 heavy (non-hydrogen) atoms. The first-order valence-electron chi connectivity index (χ1n) is 13.3. The fourth-order valence-electron chi connectivity index (χ4n) is 5.45. The Bertz CT molecular complexity index is 1430. The number of aromatic nitrogens is 4. The Balaban J connectivity index is 1.27. The van der Waals surface area contributed by atoms with Crippen LogP contribution in [-0.4, -0.2) is 54.1 Å². The Kier molecular flexibility index (Phi) is 5.77. The van der Waals surface area contributed by atoms with Crippen LogP contribution in [0.3, 0.4) is 0 Å². The van der Waals surface area contributed by atoms with E-state index in [0.717, 1.165) is 66.4 Å². The van der Waals surface area contributed by atoms with E-state index in [1.54, 1.807) is 6.20 Å². The van der Waals surface area contributed by atoms with Gasteiger partial charge >= 0.3 is 6.09 Å². The molecule has 1 unspecified atom stereocenters. The number of amides is 1. The van der Waals surface area contributed by atoms with E-state index in [0.29, 0.717) is 12.0 Å². The molecule has 1 amide bonds. The number of nitrogens with zero attached hydrogens (tertiary/aromatic N) is 5. The highest BCUT2D eigenvalue weighted by Crippen LogP contribution is 2.36. The number of ether oxygens (including phenoxy) is 1. The van der Waals surface area contributed by atoms with E-state index in [4.69, 9.17) is 4.74 Å². The number of benzene rings is 1. The molecule has 0 N–H and O–H groups in total. The highest BCUT2D eigenvalue weighted by molar-refractivity contribution is 6.07. The van der Waals surface area contributed by atoms with Crippen LogP contribution in [-0.2, 0) is 17.6 Å². The second-order valence-corrected chi connectivity index (χ2v) is 11.3. The number of fused-ring (bicyclic) bond motifs is 2. The van der Waals surface area contributed by atoms with Crippen LogP contribution in [0.4, 0.5) is 4.79 Å². The van der Waals surface area contributed by atoms with Gasteiger partial charge in [-0.3, -0.25) is 4.79 Å². The molecule has 1 fully saturated rings. The monoisotopic (exact) mass is 499 g/mol. The number of carbonyl (C=O) groups is 2. The standard InChI is InChI=1S/C29H33N5O3/c1-29(2,3)37-28(36)32-18-19-16-22(14-15-25(19)31-32)33(20-12-13-20)27(35)23-10-7-11-26-24(23)17-30-34(26)21-8-5-4-6-9-21/h5,7-11,17-18,20,22H,4,6,12-16H2,1-3H3. The summed E-state index contributed by atoms with van der Waals surface area (Å²) in [6.45, 7) is 5.53. The van der Waals surface area contributed by atoms with Gasteiger partial charge in [0.15, 0.2) is 0 Å².